The first-order valence-electron chi connectivity index (χ1n) is 3.89. The number of hydrogen-bond donors (Lipinski definition) is 0. The quantitative estimate of drug-likeness (QED) is 0.702. The third kappa shape index (κ3) is 1.70. The minimum Gasteiger partial charge on any atom is -0.495 e. The number of halogens is 1. The molecule has 0 N–H and O–H groups in total. The molecular weight excluding hydrogens is 202 g/mol. The fraction of sp³-hybridized carbons (Fsp3) is 0.200. The van der Waals surface area contributed by atoms with E-state index in [2.05, 4.69) is 0 Å². The molecule has 0 saturated carbocycles. The van der Waals surface area contributed by atoms with Gasteiger partial charge in [0, 0.05) is 0 Å². The number of hydrogen-bond acceptors (Lipinski definition) is 3. The highest BCUT2D eigenvalue weighted by atomic mass is 35.5. The molecule has 0 fully saturated rings. The van der Waals surface area contributed by atoms with Crippen molar-refractivity contribution in [3.8, 4) is 11.8 Å². The number of nitrogens with zero attached hydrogens (tertiary/aromatic N) is 1. The van der Waals surface area contributed by atoms with Gasteiger partial charge in [0.1, 0.15) is 17.4 Å². The van der Waals surface area contributed by atoms with Crippen LogP contribution in [0.4, 0.5) is 0 Å². The van der Waals surface area contributed by atoms with E-state index in [-0.39, 0.29) is 11.1 Å². The zero-order chi connectivity index (χ0) is 10.7. The molecule has 14 heavy (non-hydrogen) atoms. The molecule has 1 aromatic carbocycles. The summed E-state index contributed by atoms with van der Waals surface area (Å²) in [6, 6.07) is 5.12. The molecule has 0 saturated heterocycles. The van der Waals surface area contributed by atoms with E-state index in [0.29, 0.717) is 5.75 Å². The number of carbonyl (C=O) groups excluding carboxylic acids is 1. The molecule has 1 rings (SSSR count). The van der Waals surface area contributed by atoms with Crippen LogP contribution in [-0.4, -0.2) is 12.4 Å². The molecule has 0 aliphatic heterocycles. The lowest BCUT2D eigenvalue weighted by Crippen LogP contribution is -1.99. The van der Waals surface area contributed by atoms with Gasteiger partial charge in [-0.1, -0.05) is 6.07 Å². The van der Waals surface area contributed by atoms with Gasteiger partial charge in [0.2, 0.25) is 0 Å². The van der Waals surface area contributed by atoms with Crippen LogP contribution in [0.3, 0.4) is 0 Å². The molecule has 3 nitrogen and oxygen atoms in total. The summed E-state index contributed by atoms with van der Waals surface area (Å²) in [7, 11) is 1.45. The number of nitriles is 1. The highest BCUT2D eigenvalue weighted by molar-refractivity contribution is 6.68. The van der Waals surface area contributed by atoms with Gasteiger partial charge in [-0.2, -0.15) is 5.26 Å². The minimum absolute atomic E-state index is 0.177. The van der Waals surface area contributed by atoms with E-state index in [1.807, 2.05) is 6.07 Å². The molecule has 0 aliphatic carbocycles. The van der Waals surface area contributed by atoms with Crippen molar-refractivity contribution in [3.63, 3.8) is 0 Å². The Morgan fingerprint density at radius 2 is 2.21 bits per heavy atom. The lowest BCUT2D eigenvalue weighted by molar-refractivity contribution is 0.108. The number of rotatable bonds is 2. The molecule has 0 heterocycles. The summed E-state index contributed by atoms with van der Waals surface area (Å²) in [5, 5.41) is 8.21. The molecule has 0 radical (unpaired) electrons. The Morgan fingerprint density at radius 3 is 2.64 bits per heavy atom. The maximum atomic E-state index is 11.0. The summed E-state index contributed by atoms with van der Waals surface area (Å²) in [6.45, 7) is 1.79. The summed E-state index contributed by atoms with van der Waals surface area (Å²) in [4.78, 5) is 11.0. The molecule has 4 heteroatoms. The van der Waals surface area contributed by atoms with E-state index in [1.54, 1.807) is 13.0 Å². The molecule has 1 aromatic rings. The average molecular weight is 210 g/mol. The van der Waals surface area contributed by atoms with Crippen LogP contribution in [0.2, 0.25) is 0 Å². The number of aryl methyl sites for hydroxylation is 1. The molecule has 0 amide bonds. The predicted octanol–water partition coefficient (Wildman–Crippen LogP) is 2.25. The monoisotopic (exact) mass is 209 g/mol. The highest BCUT2D eigenvalue weighted by Gasteiger charge is 2.15. The number of ether oxygens (including phenoxy) is 1. The Morgan fingerprint density at radius 1 is 1.57 bits per heavy atom. The summed E-state index contributed by atoms with van der Waals surface area (Å²) in [5.41, 5.74) is 1.16. The fourth-order valence-electron chi connectivity index (χ4n) is 1.22. The van der Waals surface area contributed by atoms with Gasteiger partial charge in [-0.25, -0.2) is 0 Å². The third-order valence-electron chi connectivity index (χ3n) is 1.88. The maximum absolute atomic E-state index is 11.0. The van der Waals surface area contributed by atoms with E-state index < -0.39 is 5.24 Å². The summed E-state index contributed by atoms with van der Waals surface area (Å²) < 4.78 is 5.02. The number of carbonyl (C=O) groups is 1. The molecule has 0 spiro atoms. The Balaban J connectivity index is 3.50. The van der Waals surface area contributed by atoms with Crippen LogP contribution in [0.15, 0.2) is 12.1 Å². The third-order valence-corrected chi connectivity index (χ3v) is 2.09. The molecule has 0 atom stereocenters. The SMILES string of the molecule is COc1c(C)ccc(C(=O)Cl)c1C#N. The van der Waals surface area contributed by atoms with E-state index >= 15 is 0 Å². The standard InChI is InChI=1S/C10H8ClNO2/c1-6-3-4-7(10(11)13)8(5-12)9(6)14-2/h3-4H,1-2H3. The molecule has 0 bridgehead atoms. The van der Waals surface area contributed by atoms with Crippen LogP contribution in [0.1, 0.15) is 21.5 Å². The minimum atomic E-state index is -0.653. The first kappa shape index (κ1) is 10.6. The van der Waals surface area contributed by atoms with E-state index in [1.165, 1.54) is 13.2 Å². The molecule has 0 aliphatic rings. The molecule has 0 unspecified atom stereocenters. The Kier molecular flexibility index (Phi) is 3.10. The van der Waals surface area contributed by atoms with E-state index in [0.717, 1.165) is 5.56 Å². The van der Waals surface area contributed by atoms with Crippen molar-refractivity contribution in [1.82, 2.24) is 0 Å². The van der Waals surface area contributed by atoms with Gasteiger partial charge in [0.25, 0.3) is 5.24 Å². The Labute approximate surface area is 86.9 Å². The van der Waals surface area contributed by atoms with Crippen LogP contribution in [0, 0.1) is 18.3 Å². The van der Waals surface area contributed by atoms with Crippen molar-refractivity contribution in [2.45, 2.75) is 6.92 Å². The van der Waals surface area contributed by atoms with E-state index in [4.69, 9.17) is 21.6 Å². The molecular formula is C10H8ClNO2. The lowest BCUT2D eigenvalue weighted by atomic mass is 10.0. The predicted molar refractivity (Wildman–Crippen MR) is 52.6 cm³/mol. The summed E-state index contributed by atoms with van der Waals surface area (Å²) in [5.74, 6) is 0.402. The van der Waals surface area contributed by atoms with Crippen LogP contribution in [-0.2, 0) is 0 Å². The van der Waals surface area contributed by atoms with Crippen LogP contribution in [0.5, 0.6) is 5.75 Å². The smallest absolute Gasteiger partial charge is 0.253 e. The number of methoxy groups -OCH3 is 1. The van der Waals surface area contributed by atoms with Crippen molar-refractivity contribution >= 4 is 16.8 Å². The fourth-order valence-corrected chi connectivity index (χ4v) is 1.38. The van der Waals surface area contributed by atoms with Gasteiger partial charge < -0.3 is 4.74 Å². The van der Waals surface area contributed by atoms with Gasteiger partial charge in [0.05, 0.1) is 12.7 Å². The van der Waals surface area contributed by atoms with Crippen molar-refractivity contribution in [3.05, 3.63) is 28.8 Å². The first-order valence-corrected chi connectivity index (χ1v) is 4.27. The normalized spacial score (nSPS) is 9.29. The van der Waals surface area contributed by atoms with Gasteiger partial charge in [-0.05, 0) is 30.2 Å². The van der Waals surface area contributed by atoms with Crippen molar-refractivity contribution < 1.29 is 9.53 Å². The highest BCUT2D eigenvalue weighted by Crippen LogP contribution is 2.26. The van der Waals surface area contributed by atoms with Crippen LogP contribution in [0.25, 0.3) is 0 Å². The maximum Gasteiger partial charge on any atom is 0.253 e. The van der Waals surface area contributed by atoms with Crippen molar-refractivity contribution in [2.24, 2.45) is 0 Å². The topological polar surface area (TPSA) is 50.1 Å². The second-order valence-corrected chi connectivity index (χ2v) is 3.07. The zero-order valence-corrected chi connectivity index (χ0v) is 8.55. The first-order chi connectivity index (χ1) is 6.61. The molecule has 0 aromatic heterocycles. The lowest BCUT2D eigenvalue weighted by Gasteiger charge is -2.08. The van der Waals surface area contributed by atoms with Crippen molar-refractivity contribution in [2.75, 3.05) is 7.11 Å². The van der Waals surface area contributed by atoms with Gasteiger partial charge in [-0.15, -0.1) is 0 Å². The second kappa shape index (κ2) is 4.12. The Bertz CT molecular complexity index is 421. The zero-order valence-electron chi connectivity index (χ0n) is 7.80. The number of benzene rings is 1. The second-order valence-electron chi connectivity index (χ2n) is 2.72. The Hall–Kier alpha value is -1.53. The summed E-state index contributed by atoms with van der Waals surface area (Å²) in [6.07, 6.45) is 0. The van der Waals surface area contributed by atoms with E-state index in [9.17, 15) is 4.79 Å². The average Bonchev–Trinajstić information content (AvgIpc) is 2.16. The van der Waals surface area contributed by atoms with Crippen LogP contribution < -0.4 is 4.74 Å². The largest absolute Gasteiger partial charge is 0.495 e. The van der Waals surface area contributed by atoms with Crippen LogP contribution >= 0.6 is 11.6 Å². The van der Waals surface area contributed by atoms with Gasteiger partial charge in [-0.3, -0.25) is 4.79 Å². The summed E-state index contributed by atoms with van der Waals surface area (Å²) >= 11 is 5.32. The van der Waals surface area contributed by atoms with Crippen molar-refractivity contribution in [1.29, 1.82) is 5.26 Å². The molecule has 72 valence electrons. The van der Waals surface area contributed by atoms with Gasteiger partial charge in [0.15, 0.2) is 0 Å². The van der Waals surface area contributed by atoms with Gasteiger partial charge >= 0.3 is 0 Å².